The number of ether oxygens (including phenoxy) is 3. The largest absolute Gasteiger partial charge is 0.491 e. The molecule has 0 saturated heterocycles. The van der Waals surface area contributed by atoms with Crippen LogP contribution in [0.1, 0.15) is 32.8 Å². The Morgan fingerprint density at radius 3 is 2.38 bits per heavy atom. The van der Waals surface area contributed by atoms with E-state index < -0.39 is 0 Å². The Morgan fingerprint density at radius 1 is 1.05 bits per heavy atom. The van der Waals surface area contributed by atoms with E-state index in [1.165, 1.54) is 5.56 Å². The third kappa shape index (κ3) is 8.05. The van der Waals surface area contributed by atoms with Crippen molar-refractivity contribution in [3.63, 3.8) is 0 Å². The van der Waals surface area contributed by atoms with Crippen LogP contribution in [-0.4, -0.2) is 39.1 Å². The molecule has 120 valence electrons. The molecule has 0 spiro atoms. The molecule has 21 heavy (non-hydrogen) atoms. The number of rotatable bonds is 11. The van der Waals surface area contributed by atoms with Gasteiger partial charge in [-0.2, -0.15) is 0 Å². The molecule has 0 fully saturated rings. The fourth-order valence-corrected chi connectivity index (χ4v) is 1.71. The lowest BCUT2D eigenvalue weighted by atomic mass is 10.1. The molecule has 4 nitrogen and oxygen atoms in total. The van der Waals surface area contributed by atoms with Gasteiger partial charge >= 0.3 is 0 Å². The van der Waals surface area contributed by atoms with Gasteiger partial charge in [0.15, 0.2) is 0 Å². The van der Waals surface area contributed by atoms with Gasteiger partial charge in [-0.25, -0.2) is 0 Å². The zero-order chi connectivity index (χ0) is 15.6. The van der Waals surface area contributed by atoms with Crippen molar-refractivity contribution in [1.29, 1.82) is 0 Å². The Balaban J connectivity index is 2.12. The van der Waals surface area contributed by atoms with Crippen LogP contribution in [-0.2, 0) is 16.0 Å². The minimum Gasteiger partial charge on any atom is -0.491 e. The predicted molar refractivity (Wildman–Crippen MR) is 85.8 cm³/mol. The summed E-state index contributed by atoms with van der Waals surface area (Å²) in [5, 5.41) is 3.30. The first-order chi connectivity index (χ1) is 10.1. The fourth-order valence-electron chi connectivity index (χ4n) is 1.71. The van der Waals surface area contributed by atoms with E-state index in [-0.39, 0.29) is 5.60 Å². The zero-order valence-corrected chi connectivity index (χ0v) is 13.8. The maximum Gasteiger partial charge on any atom is 0.119 e. The van der Waals surface area contributed by atoms with Crippen LogP contribution < -0.4 is 10.1 Å². The van der Waals surface area contributed by atoms with Gasteiger partial charge < -0.3 is 19.5 Å². The highest BCUT2D eigenvalue weighted by molar-refractivity contribution is 5.27. The summed E-state index contributed by atoms with van der Waals surface area (Å²) in [6, 6.07) is 8.17. The molecule has 0 unspecified atom stereocenters. The topological polar surface area (TPSA) is 39.7 Å². The SMILES string of the molecule is CCNCc1ccc(OCCOCCC(C)(C)OC)cc1. The van der Waals surface area contributed by atoms with E-state index in [2.05, 4.69) is 38.2 Å². The van der Waals surface area contributed by atoms with Crippen LogP contribution >= 0.6 is 0 Å². The summed E-state index contributed by atoms with van der Waals surface area (Å²) in [6.45, 7) is 9.95. The highest BCUT2D eigenvalue weighted by Crippen LogP contribution is 2.13. The zero-order valence-electron chi connectivity index (χ0n) is 13.8. The van der Waals surface area contributed by atoms with Gasteiger partial charge in [0.2, 0.25) is 0 Å². The van der Waals surface area contributed by atoms with Gasteiger partial charge in [-0.1, -0.05) is 19.1 Å². The molecule has 1 rings (SSSR count). The summed E-state index contributed by atoms with van der Waals surface area (Å²) < 4.78 is 16.5. The first-order valence-electron chi connectivity index (χ1n) is 7.63. The number of hydrogen-bond donors (Lipinski definition) is 1. The molecular weight excluding hydrogens is 266 g/mol. The average Bonchev–Trinajstić information content (AvgIpc) is 2.50. The number of benzene rings is 1. The van der Waals surface area contributed by atoms with Crippen LogP contribution in [0.4, 0.5) is 0 Å². The molecular formula is C17H29NO3. The van der Waals surface area contributed by atoms with E-state index in [9.17, 15) is 0 Å². The van der Waals surface area contributed by atoms with Crippen molar-refractivity contribution in [2.45, 2.75) is 39.3 Å². The first-order valence-corrected chi connectivity index (χ1v) is 7.63. The van der Waals surface area contributed by atoms with Gasteiger partial charge in [-0.3, -0.25) is 0 Å². The Kier molecular flexibility index (Phi) is 8.35. The summed E-state index contributed by atoms with van der Waals surface area (Å²) in [4.78, 5) is 0. The molecule has 0 heterocycles. The Labute approximate surface area is 128 Å². The van der Waals surface area contributed by atoms with Gasteiger partial charge in [0, 0.05) is 20.3 Å². The Bertz CT molecular complexity index is 376. The molecule has 0 amide bonds. The van der Waals surface area contributed by atoms with Crippen LogP contribution in [0.2, 0.25) is 0 Å². The standard InChI is InChI=1S/C17H29NO3/c1-5-18-14-15-6-8-16(9-7-15)21-13-12-20-11-10-17(2,3)19-4/h6-9,18H,5,10-14H2,1-4H3. The molecule has 0 radical (unpaired) electrons. The second-order valence-electron chi connectivity index (χ2n) is 5.60. The maximum atomic E-state index is 5.65. The molecule has 1 N–H and O–H groups in total. The van der Waals surface area contributed by atoms with Crippen molar-refractivity contribution >= 4 is 0 Å². The van der Waals surface area contributed by atoms with E-state index in [4.69, 9.17) is 14.2 Å². The van der Waals surface area contributed by atoms with Gasteiger partial charge in [0.25, 0.3) is 0 Å². The molecule has 1 aromatic carbocycles. The van der Waals surface area contributed by atoms with Crippen LogP contribution in [0.3, 0.4) is 0 Å². The second-order valence-corrected chi connectivity index (χ2v) is 5.60. The minimum atomic E-state index is -0.122. The number of hydrogen-bond acceptors (Lipinski definition) is 4. The maximum absolute atomic E-state index is 5.65. The third-order valence-electron chi connectivity index (χ3n) is 3.40. The number of methoxy groups -OCH3 is 1. The van der Waals surface area contributed by atoms with Gasteiger partial charge in [0.1, 0.15) is 12.4 Å². The molecule has 0 aliphatic rings. The summed E-state index contributed by atoms with van der Waals surface area (Å²) >= 11 is 0. The monoisotopic (exact) mass is 295 g/mol. The fraction of sp³-hybridized carbons (Fsp3) is 0.647. The van der Waals surface area contributed by atoms with Crippen molar-refractivity contribution in [3.05, 3.63) is 29.8 Å². The highest BCUT2D eigenvalue weighted by Gasteiger charge is 2.15. The van der Waals surface area contributed by atoms with Gasteiger partial charge in [-0.15, -0.1) is 0 Å². The lowest BCUT2D eigenvalue weighted by molar-refractivity contribution is -0.0128. The van der Waals surface area contributed by atoms with E-state index >= 15 is 0 Å². The molecule has 4 heteroatoms. The van der Waals surface area contributed by atoms with Gasteiger partial charge in [-0.05, 0) is 44.5 Å². The van der Waals surface area contributed by atoms with Crippen LogP contribution in [0.15, 0.2) is 24.3 Å². The van der Waals surface area contributed by atoms with Crippen molar-refractivity contribution in [3.8, 4) is 5.75 Å². The Morgan fingerprint density at radius 2 is 1.76 bits per heavy atom. The summed E-state index contributed by atoms with van der Waals surface area (Å²) in [6.07, 6.45) is 0.878. The summed E-state index contributed by atoms with van der Waals surface area (Å²) in [7, 11) is 1.73. The summed E-state index contributed by atoms with van der Waals surface area (Å²) in [5.41, 5.74) is 1.14. The molecule has 0 aromatic heterocycles. The first kappa shape index (κ1) is 18.0. The lowest BCUT2D eigenvalue weighted by Gasteiger charge is -2.22. The van der Waals surface area contributed by atoms with E-state index in [1.807, 2.05) is 12.1 Å². The predicted octanol–water partition coefficient (Wildman–Crippen LogP) is 3.01. The van der Waals surface area contributed by atoms with Crippen molar-refractivity contribution in [2.75, 3.05) is 33.5 Å². The summed E-state index contributed by atoms with van der Waals surface area (Å²) in [5.74, 6) is 0.885. The molecule has 1 aromatic rings. The third-order valence-corrected chi connectivity index (χ3v) is 3.40. The minimum absolute atomic E-state index is 0.122. The number of nitrogens with one attached hydrogen (secondary N) is 1. The van der Waals surface area contributed by atoms with E-state index in [1.54, 1.807) is 7.11 Å². The molecule has 0 aliphatic heterocycles. The highest BCUT2D eigenvalue weighted by atomic mass is 16.5. The van der Waals surface area contributed by atoms with Crippen LogP contribution in [0.25, 0.3) is 0 Å². The molecule has 0 atom stereocenters. The van der Waals surface area contributed by atoms with E-state index in [0.717, 1.165) is 25.3 Å². The molecule has 0 bridgehead atoms. The van der Waals surface area contributed by atoms with E-state index in [0.29, 0.717) is 19.8 Å². The Hall–Kier alpha value is -1.10. The second kappa shape index (κ2) is 9.77. The normalized spacial score (nSPS) is 11.6. The quantitative estimate of drug-likeness (QED) is 0.637. The van der Waals surface area contributed by atoms with Crippen molar-refractivity contribution in [2.24, 2.45) is 0 Å². The average molecular weight is 295 g/mol. The van der Waals surface area contributed by atoms with Crippen LogP contribution in [0, 0.1) is 0 Å². The smallest absolute Gasteiger partial charge is 0.119 e. The lowest BCUT2D eigenvalue weighted by Crippen LogP contribution is -2.24. The van der Waals surface area contributed by atoms with Crippen LogP contribution in [0.5, 0.6) is 5.75 Å². The van der Waals surface area contributed by atoms with Crippen molar-refractivity contribution in [1.82, 2.24) is 5.32 Å². The van der Waals surface area contributed by atoms with Crippen molar-refractivity contribution < 1.29 is 14.2 Å². The molecule has 0 aliphatic carbocycles. The van der Waals surface area contributed by atoms with Gasteiger partial charge in [0.05, 0.1) is 12.2 Å². The molecule has 0 saturated carbocycles.